The van der Waals surface area contributed by atoms with E-state index in [9.17, 15) is 10.1 Å². The van der Waals surface area contributed by atoms with Crippen molar-refractivity contribution < 1.29 is 4.74 Å². The summed E-state index contributed by atoms with van der Waals surface area (Å²) in [6, 6.07) is 5.66. The molecule has 1 saturated heterocycles. The molecule has 6 nitrogen and oxygen atoms in total. The van der Waals surface area contributed by atoms with Crippen molar-refractivity contribution in [1.82, 2.24) is 14.5 Å². The molecule has 0 spiro atoms. The van der Waals surface area contributed by atoms with Crippen LogP contribution in [-0.2, 0) is 4.74 Å². The van der Waals surface area contributed by atoms with Crippen molar-refractivity contribution >= 4 is 22.6 Å². The average Bonchev–Trinajstić information content (AvgIpc) is 3.02. The molecule has 0 amide bonds. The predicted molar refractivity (Wildman–Crippen MR) is 110 cm³/mol. The zero-order valence-corrected chi connectivity index (χ0v) is 17.3. The van der Waals surface area contributed by atoms with Crippen molar-refractivity contribution in [2.75, 3.05) is 20.2 Å². The maximum atomic E-state index is 12.6. The monoisotopic (exact) mass is 402 g/mol. The molecule has 1 N–H and O–H groups in total. The molecule has 1 aromatic carbocycles. The lowest BCUT2D eigenvalue weighted by molar-refractivity contribution is -0.0146. The van der Waals surface area contributed by atoms with Crippen LogP contribution in [0.25, 0.3) is 11.0 Å². The molecule has 4 rings (SSSR count). The molecular formula is C21H27ClN4O2. The van der Waals surface area contributed by atoms with Gasteiger partial charge in [0.05, 0.1) is 27.7 Å². The van der Waals surface area contributed by atoms with Crippen molar-refractivity contribution in [2.45, 2.75) is 63.1 Å². The Bertz CT molecular complexity index is 957. The van der Waals surface area contributed by atoms with Crippen molar-refractivity contribution in [3.05, 3.63) is 33.2 Å². The minimum atomic E-state index is -0.119. The van der Waals surface area contributed by atoms with E-state index in [0.29, 0.717) is 22.2 Å². The lowest BCUT2D eigenvalue weighted by Gasteiger charge is -2.48. The Morgan fingerprint density at radius 2 is 1.93 bits per heavy atom. The first kappa shape index (κ1) is 19.5. The number of imidazole rings is 1. The zero-order chi connectivity index (χ0) is 19.9. The number of ether oxygens (including phenoxy) is 1. The number of hydrogen-bond donors (Lipinski definition) is 1. The van der Waals surface area contributed by atoms with E-state index in [-0.39, 0.29) is 17.3 Å². The van der Waals surface area contributed by atoms with Crippen LogP contribution in [0.15, 0.2) is 16.9 Å². The number of nitrogens with zero attached hydrogens (tertiary/aromatic N) is 3. The van der Waals surface area contributed by atoms with Gasteiger partial charge in [-0.2, -0.15) is 5.26 Å². The van der Waals surface area contributed by atoms with E-state index >= 15 is 0 Å². The molecule has 1 aliphatic heterocycles. The fraction of sp³-hybridized carbons (Fsp3) is 0.619. The molecule has 1 aromatic heterocycles. The second kappa shape index (κ2) is 7.55. The first-order valence-electron chi connectivity index (χ1n) is 10.1. The summed E-state index contributed by atoms with van der Waals surface area (Å²) in [4.78, 5) is 18.1. The maximum absolute atomic E-state index is 12.6. The molecule has 0 atom stereocenters. The van der Waals surface area contributed by atoms with E-state index in [1.165, 1.54) is 0 Å². The maximum Gasteiger partial charge on any atom is 0.326 e. The third-order valence-corrected chi connectivity index (χ3v) is 7.17. The molecule has 2 fully saturated rings. The molecular weight excluding hydrogens is 376 g/mol. The standard InChI is InChI=1S/C21H27ClN4O2/c1-21(7-3-16(28-2)4-8-21)25-9-5-15(6-10-25)26-19-11-14(13-23)17(22)12-18(19)24-20(26)27/h11-12,15-16H,3-10H2,1-2H3,(H,24,27)/t16-,21-. The smallest absolute Gasteiger partial charge is 0.326 e. The third kappa shape index (κ3) is 3.36. The van der Waals surface area contributed by atoms with Crippen molar-refractivity contribution in [1.29, 1.82) is 5.26 Å². The van der Waals surface area contributed by atoms with Crippen LogP contribution < -0.4 is 5.69 Å². The number of nitrogens with one attached hydrogen (secondary N) is 1. The van der Waals surface area contributed by atoms with Gasteiger partial charge in [0.1, 0.15) is 6.07 Å². The highest BCUT2D eigenvalue weighted by molar-refractivity contribution is 6.32. The largest absolute Gasteiger partial charge is 0.381 e. The summed E-state index contributed by atoms with van der Waals surface area (Å²) in [5, 5.41) is 9.66. The van der Waals surface area contributed by atoms with Crippen LogP contribution in [0, 0.1) is 11.3 Å². The highest BCUT2D eigenvalue weighted by Crippen LogP contribution is 2.38. The first-order valence-corrected chi connectivity index (χ1v) is 10.4. The summed E-state index contributed by atoms with van der Waals surface area (Å²) in [7, 11) is 1.81. The quantitative estimate of drug-likeness (QED) is 0.846. The summed E-state index contributed by atoms with van der Waals surface area (Å²) in [6.07, 6.45) is 6.82. The molecule has 0 bridgehead atoms. The normalized spacial score (nSPS) is 27.1. The molecule has 150 valence electrons. The molecule has 2 heterocycles. The summed E-state index contributed by atoms with van der Waals surface area (Å²) in [5.74, 6) is 0. The highest BCUT2D eigenvalue weighted by atomic mass is 35.5. The average molecular weight is 403 g/mol. The Morgan fingerprint density at radius 1 is 1.25 bits per heavy atom. The minimum Gasteiger partial charge on any atom is -0.381 e. The molecule has 0 unspecified atom stereocenters. The lowest BCUT2D eigenvalue weighted by atomic mass is 9.79. The number of aromatic nitrogens is 2. The Morgan fingerprint density at radius 3 is 2.54 bits per heavy atom. The van der Waals surface area contributed by atoms with Gasteiger partial charge in [0, 0.05) is 31.8 Å². The van der Waals surface area contributed by atoms with Gasteiger partial charge in [0.15, 0.2) is 0 Å². The molecule has 1 aliphatic carbocycles. The molecule has 0 radical (unpaired) electrons. The number of hydrogen-bond acceptors (Lipinski definition) is 4. The lowest BCUT2D eigenvalue weighted by Crippen LogP contribution is -2.52. The Hall–Kier alpha value is -1.81. The fourth-order valence-corrected chi connectivity index (χ4v) is 5.23. The Kier molecular flexibility index (Phi) is 5.26. The summed E-state index contributed by atoms with van der Waals surface area (Å²) < 4.78 is 7.35. The van der Waals surface area contributed by atoms with Crippen LogP contribution in [0.1, 0.15) is 57.1 Å². The van der Waals surface area contributed by atoms with E-state index < -0.39 is 0 Å². The van der Waals surface area contributed by atoms with Gasteiger partial charge < -0.3 is 9.72 Å². The topological polar surface area (TPSA) is 74.0 Å². The van der Waals surface area contributed by atoms with Gasteiger partial charge in [0.25, 0.3) is 0 Å². The van der Waals surface area contributed by atoms with E-state index in [0.717, 1.165) is 57.1 Å². The van der Waals surface area contributed by atoms with Gasteiger partial charge in [-0.05, 0) is 57.6 Å². The molecule has 2 aliphatic rings. The number of H-pyrrole nitrogens is 1. The van der Waals surface area contributed by atoms with Gasteiger partial charge in [0.2, 0.25) is 0 Å². The van der Waals surface area contributed by atoms with Crippen LogP contribution in [0.5, 0.6) is 0 Å². The summed E-state index contributed by atoms with van der Waals surface area (Å²) >= 11 is 6.12. The minimum absolute atomic E-state index is 0.119. The van der Waals surface area contributed by atoms with E-state index in [2.05, 4.69) is 22.9 Å². The number of piperidine rings is 1. The van der Waals surface area contributed by atoms with E-state index in [1.807, 2.05) is 11.7 Å². The third-order valence-electron chi connectivity index (χ3n) is 6.86. The van der Waals surface area contributed by atoms with Gasteiger partial charge in [-0.3, -0.25) is 9.47 Å². The van der Waals surface area contributed by atoms with E-state index in [4.69, 9.17) is 16.3 Å². The molecule has 7 heteroatoms. The second-order valence-corrected chi connectivity index (χ2v) is 8.82. The van der Waals surface area contributed by atoms with Crippen LogP contribution in [-0.4, -0.2) is 46.3 Å². The number of fused-ring (bicyclic) bond motifs is 1. The van der Waals surface area contributed by atoms with Gasteiger partial charge >= 0.3 is 5.69 Å². The SMILES string of the molecule is CO[C@H]1CC[C@](C)(N2CCC(n3c(=O)[nH]c4cc(Cl)c(C#N)cc43)CC2)CC1. The summed E-state index contributed by atoms with van der Waals surface area (Å²) in [6.45, 7) is 4.34. The van der Waals surface area contributed by atoms with Gasteiger partial charge in [-0.25, -0.2) is 4.79 Å². The van der Waals surface area contributed by atoms with E-state index in [1.54, 1.807) is 12.1 Å². The number of likely N-dealkylation sites (tertiary alicyclic amines) is 1. The molecule has 1 saturated carbocycles. The number of benzene rings is 1. The van der Waals surface area contributed by atoms with Crippen LogP contribution in [0.3, 0.4) is 0 Å². The Balaban J connectivity index is 1.52. The highest BCUT2D eigenvalue weighted by Gasteiger charge is 2.38. The van der Waals surface area contributed by atoms with Crippen LogP contribution in [0.2, 0.25) is 5.02 Å². The number of aromatic amines is 1. The zero-order valence-electron chi connectivity index (χ0n) is 16.5. The van der Waals surface area contributed by atoms with Gasteiger partial charge in [-0.1, -0.05) is 11.6 Å². The number of halogens is 1. The van der Waals surface area contributed by atoms with Crippen molar-refractivity contribution in [3.8, 4) is 6.07 Å². The van der Waals surface area contributed by atoms with Crippen LogP contribution >= 0.6 is 11.6 Å². The first-order chi connectivity index (χ1) is 13.4. The summed E-state index contributed by atoms with van der Waals surface area (Å²) in [5.41, 5.74) is 1.98. The molecule has 2 aromatic rings. The Labute approximate surface area is 170 Å². The van der Waals surface area contributed by atoms with Crippen molar-refractivity contribution in [3.63, 3.8) is 0 Å². The molecule has 28 heavy (non-hydrogen) atoms. The predicted octanol–water partition coefficient (Wildman–Crippen LogP) is 3.84. The van der Waals surface area contributed by atoms with Crippen LogP contribution in [0.4, 0.5) is 0 Å². The van der Waals surface area contributed by atoms with Crippen molar-refractivity contribution in [2.24, 2.45) is 0 Å². The number of methoxy groups -OCH3 is 1. The van der Waals surface area contributed by atoms with Gasteiger partial charge in [-0.15, -0.1) is 0 Å². The second-order valence-electron chi connectivity index (χ2n) is 8.41. The fourth-order valence-electron chi connectivity index (χ4n) is 5.02. The number of rotatable bonds is 3. The number of nitriles is 1.